The Hall–Kier alpha value is -2.90. The number of aldehydes is 1. The molecule has 1 rings (SSSR count). The summed E-state index contributed by atoms with van der Waals surface area (Å²) in [5.74, 6) is -2.58. The Morgan fingerprint density at radius 3 is 1.93 bits per heavy atom. The quantitative estimate of drug-likeness (QED) is 0.420. The van der Waals surface area contributed by atoms with Gasteiger partial charge in [0.2, 0.25) is 0 Å². The first kappa shape index (κ1) is 24.1. The van der Waals surface area contributed by atoms with Crippen molar-refractivity contribution in [1.29, 1.82) is 0 Å². The van der Waals surface area contributed by atoms with Gasteiger partial charge in [0, 0.05) is 0 Å². The van der Waals surface area contributed by atoms with Gasteiger partial charge in [-0.2, -0.15) is 0 Å². The van der Waals surface area contributed by atoms with E-state index in [4.69, 9.17) is 14.2 Å². The molecule has 0 bridgehead atoms. The van der Waals surface area contributed by atoms with Crippen molar-refractivity contribution in [3.8, 4) is 5.75 Å². The molecular formula is C21H29NO7. The van der Waals surface area contributed by atoms with E-state index in [0.717, 1.165) is 0 Å². The number of ether oxygens (including phenoxy) is 3. The molecule has 8 nitrogen and oxygen atoms in total. The van der Waals surface area contributed by atoms with Gasteiger partial charge in [-0.25, -0.2) is 9.59 Å². The third-order valence-corrected chi connectivity index (χ3v) is 3.30. The van der Waals surface area contributed by atoms with Gasteiger partial charge >= 0.3 is 18.0 Å². The zero-order valence-electron chi connectivity index (χ0n) is 17.7. The highest BCUT2D eigenvalue weighted by atomic mass is 16.6. The van der Waals surface area contributed by atoms with E-state index in [2.05, 4.69) is 5.32 Å². The number of hydrogen-bond donors (Lipinski definition) is 1. The predicted molar refractivity (Wildman–Crippen MR) is 105 cm³/mol. The summed E-state index contributed by atoms with van der Waals surface area (Å²) < 4.78 is 15.6. The van der Waals surface area contributed by atoms with Crippen molar-refractivity contribution in [2.75, 3.05) is 0 Å². The van der Waals surface area contributed by atoms with Crippen LogP contribution in [0.2, 0.25) is 0 Å². The van der Waals surface area contributed by atoms with Crippen LogP contribution in [0, 0.1) is 5.92 Å². The summed E-state index contributed by atoms with van der Waals surface area (Å²) in [6, 6.07) is 6.96. The fourth-order valence-electron chi connectivity index (χ4n) is 2.19. The molecule has 0 aliphatic heterocycles. The zero-order valence-corrected chi connectivity index (χ0v) is 17.7. The molecule has 0 saturated heterocycles. The molecular weight excluding hydrogens is 378 g/mol. The molecule has 0 fully saturated rings. The Labute approximate surface area is 170 Å². The molecule has 29 heavy (non-hydrogen) atoms. The van der Waals surface area contributed by atoms with Gasteiger partial charge in [0.1, 0.15) is 35.2 Å². The van der Waals surface area contributed by atoms with Gasteiger partial charge in [0.05, 0.1) is 0 Å². The van der Waals surface area contributed by atoms with Gasteiger partial charge in [0.15, 0.2) is 0 Å². The van der Waals surface area contributed by atoms with E-state index >= 15 is 0 Å². The molecule has 0 aromatic heterocycles. The lowest BCUT2D eigenvalue weighted by Crippen LogP contribution is -2.47. The van der Waals surface area contributed by atoms with Crippen LogP contribution in [0.15, 0.2) is 30.3 Å². The highest BCUT2D eigenvalue weighted by molar-refractivity contribution is 5.90. The number of hydrogen-bond acceptors (Lipinski definition) is 7. The monoisotopic (exact) mass is 407 g/mol. The summed E-state index contributed by atoms with van der Waals surface area (Å²) >= 11 is 0. The van der Waals surface area contributed by atoms with Crippen LogP contribution >= 0.6 is 0 Å². The first-order chi connectivity index (χ1) is 13.3. The number of esters is 2. The lowest BCUT2D eigenvalue weighted by molar-refractivity contribution is -0.162. The fraction of sp³-hybridized carbons (Fsp3) is 0.524. The molecule has 0 aliphatic carbocycles. The average Bonchev–Trinajstić information content (AvgIpc) is 2.56. The molecule has 1 aromatic rings. The first-order valence-electron chi connectivity index (χ1n) is 9.25. The maximum Gasteiger partial charge on any atom is 0.413 e. The largest absolute Gasteiger partial charge is 0.459 e. The van der Waals surface area contributed by atoms with Crippen LogP contribution in [0.25, 0.3) is 0 Å². The third-order valence-electron chi connectivity index (χ3n) is 3.30. The second-order valence-electron chi connectivity index (χ2n) is 8.44. The van der Waals surface area contributed by atoms with Crippen LogP contribution in [0.3, 0.4) is 0 Å². The smallest absolute Gasteiger partial charge is 0.413 e. The molecule has 0 saturated carbocycles. The van der Waals surface area contributed by atoms with Crippen LogP contribution in [0.4, 0.5) is 4.79 Å². The van der Waals surface area contributed by atoms with Crippen LogP contribution in [0.5, 0.6) is 5.75 Å². The van der Waals surface area contributed by atoms with Crippen LogP contribution < -0.4 is 10.1 Å². The predicted octanol–water partition coefficient (Wildman–Crippen LogP) is 3.03. The van der Waals surface area contributed by atoms with Gasteiger partial charge < -0.3 is 24.3 Å². The summed E-state index contributed by atoms with van der Waals surface area (Å²) in [5, 5.41) is 2.37. The summed E-state index contributed by atoms with van der Waals surface area (Å²) in [7, 11) is 0. The molecule has 0 heterocycles. The first-order valence-corrected chi connectivity index (χ1v) is 9.25. The van der Waals surface area contributed by atoms with Crippen molar-refractivity contribution in [3.63, 3.8) is 0 Å². The van der Waals surface area contributed by atoms with E-state index in [-0.39, 0.29) is 12.2 Å². The van der Waals surface area contributed by atoms with E-state index < -0.39 is 41.2 Å². The minimum absolute atomic E-state index is 0.270. The van der Waals surface area contributed by atoms with E-state index in [1.54, 1.807) is 71.9 Å². The average molecular weight is 407 g/mol. The Bertz CT molecular complexity index is 717. The summed E-state index contributed by atoms with van der Waals surface area (Å²) in [6.07, 6.45) is -0.853. The SMILES string of the molecule is CC(C)(C)OC(=O)C(C=O)C[C@H](NC(=O)Oc1ccccc1)C(=O)OC(C)(C)C. The number of carbonyl (C=O) groups is 4. The second-order valence-corrected chi connectivity index (χ2v) is 8.44. The molecule has 0 aliphatic rings. The summed E-state index contributed by atoms with van der Waals surface area (Å²) in [6.45, 7) is 9.97. The maximum atomic E-state index is 12.5. The van der Waals surface area contributed by atoms with Crippen LogP contribution in [-0.4, -0.2) is 41.6 Å². The van der Waals surface area contributed by atoms with Crippen molar-refractivity contribution in [1.82, 2.24) is 5.32 Å². The second kappa shape index (κ2) is 10.0. The molecule has 1 aromatic carbocycles. The molecule has 8 heteroatoms. The van der Waals surface area contributed by atoms with Gasteiger partial charge in [-0.05, 0) is 60.1 Å². The van der Waals surface area contributed by atoms with E-state index in [0.29, 0.717) is 6.29 Å². The molecule has 1 amide bonds. The Morgan fingerprint density at radius 2 is 1.45 bits per heavy atom. The maximum absolute atomic E-state index is 12.5. The van der Waals surface area contributed by atoms with Crippen molar-refractivity contribution in [2.45, 2.75) is 65.2 Å². The number of amides is 1. The molecule has 1 unspecified atom stereocenters. The van der Waals surface area contributed by atoms with Crippen molar-refractivity contribution in [3.05, 3.63) is 30.3 Å². The Morgan fingerprint density at radius 1 is 0.931 bits per heavy atom. The van der Waals surface area contributed by atoms with Crippen molar-refractivity contribution < 1.29 is 33.4 Å². The Balaban J connectivity index is 2.94. The molecule has 2 atom stereocenters. The molecule has 0 spiro atoms. The minimum Gasteiger partial charge on any atom is -0.459 e. The standard InChI is InChI=1S/C21H29NO7/c1-20(2,3)28-17(24)14(13-23)12-16(18(25)29-21(4,5)6)22-19(26)27-15-10-8-7-9-11-15/h7-11,13-14,16H,12H2,1-6H3,(H,22,26)/t14?,16-/m0/s1. The van der Waals surface area contributed by atoms with E-state index in [1.165, 1.54) is 0 Å². The summed E-state index contributed by atoms with van der Waals surface area (Å²) in [5.41, 5.74) is -1.64. The van der Waals surface area contributed by atoms with E-state index in [1.807, 2.05) is 0 Å². The lowest BCUT2D eigenvalue weighted by atomic mass is 10.0. The Kier molecular flexibility index (Phi) is 8.36. The highest BCUT2D eigenvalue weighted by Crippen LogP contribution is 2.17. The van der Waals surface area contributed by atoms with Crippen LogP contribution in [0.1, 0.15) is 48.0 Å². The van der Waals surface area contributed by atoms with Gasteiger partial charge in [-0.3, -0.25) is 4.79 Å². The highest BCUT2D eigenvalue weighted by Gasteiger charge is 2.34. The number of carbonyl (C=O) groups excluding carboxylic acids is 4. The van der Waals surface area contributed by atoms with Crippen molar-refractivity contribution >= 4 is 24.3 Å². The molecule has 160 valence electrons. The number of rotatable bonds is 7. The van der Waals surface area contributed by atoms with Crippen LogP contribution in [-0.2, 0) is 23.9 Å². The van der Waals surface area contributed by atoms with Crippen molar-refractivity contribution in [2.24, 2.45) is 5.92 Å². The fourth-order valence-corrected chi connectivity index (χ4v) is 2.19. The minimum atomic E-state index is -1.28. The number of para-hydroxylation sites is 1. The lowest BCUT2D eigenvalue weighted by Gasteiger charge is -2.26. The van der Waals surface area contributed by atoms with Gasteiger partial charge in [-0.15, -0.1) is 0 Å². The van der Waals surface area contributed by atoms with Gasteiger partial charge in [-0.1, -0.05) is 18.2 Å². The summed E-state index contributed by atoms with van der Waals surface area (Å²) in [4.78, 5) is 48.5. The van der Waals surface area contributed by atoms with E-state index in [9.17, 15) is 19.2 Å². The topological polar surface area (TPSA) is 108 Å². The number of benzene rings is 1. The number of nitrogens with one attached hydrogen (secondary N) is 1. The molecule has 1 N–H and O–H groups in total. The zero-order chi connectivity index (χ0) is 22.2. The third kappa shape index (κ3) is 9.73. The normalized spacial score (nSPS) is 13.6. The van der Waals surface area contributed by atoms with Gasteiger partial charge in [0.25, 0.3) is 0 Å². The molecule has 0 radical (unpaired) electrons.